The summed E-state index contributed by atoms with van der Waals surface area (Å²) in [6, 6.07) is 5.30. The summed E-state index contributed by atoms with van der Waals surface area (Å²) in [5, 5.41) is 13.1. The zero-order chi connectivity index (χ0) is 14.5. The number of hydrogen-bond donors (Lipinski definition) is 2. The van der Waals surface area contributed by atoms with Crippen LogP contribution in [0.25, 0.3) is 0 Å². The molecule has 1 rings (SSSR count). The van der Waals surface area contributed by atoms with Crippen LogP contribution in [0.15, 0.2) is 18.2 Å². The van der Waals surface area contributed by atoms with Gasteiger partial charge in [-0.25, -0.2) is 0 Å². The Morgan fingerprint density at radius 2 is 2.05 bits per heavy atom. The molecule has 0 amide bonds. The molecule has 0 aliphatic rings. The third-order valence-corrected chi connectivity index (χ3v) is 3.71. The molecule has 0 heterocycles. The highest BCUT2D eigenvalue weighted by Crippen LogP contribution is 2.24. The molecule has 0 unspecified atom stereocenters. The minimum absolute atomic E-state index is 0.401. The van der Waals surface area contributed by atoms with Gasteiger partial charge in [-0.1, -0.05) is 25.4 Å². The van der Waals surface area contributed by atoms with E-state index in [1.165, 1.54) is 0 Å². The van der Waals surface area contributed by atoms with Crippen molar-refractivity contribution in [2.45, 2.75) is 38.8 Å². The molecule has 19 heavy (non-hydrogen) atoms. The molecular formula is C14H20ClNO3. The highest BCUT2D eigenvalue weighted by atomic mass is 35.5. The Morgan fingerprint density at radius 3 is 2.53 bits per heavy atom. The van der Waals surface area contributed by atoms with Gasteiger partial charge in [0.15, 0.2) is 0 Å². The van der Waals surface area contributed by atoms with E-state index in [0.717, 1.165) is 5.56 Å². The molecule has 1 aromatic rings. The van der Waals surface area contributed by atoms with Crippen LogP contribution in [0.1, 0.15) is 32.3 Å². The number of ether oxygens (including phenoxy) is 1. The summed E-state index contributed by atoms with van der Waals surface area (Å²) in [6.07, 6.45) is 1.03. The van der Waals surface area contributed by atoms with E-state index in [1.807, 2.05) is 13.8 Å². The maximum Gasteiger partial charge on any atom is 0.323 e. The van der Waals surface area contributed by atoms with Gasteiger partial charge in [0.2, 0.25) is 0 Å². The van der Waals surface area contributed by atoms with Crippen molar-refractivity contribution in [3.8, 4) is 5.75 Å². The molecule has 0 spiro atoms. The lowest BCUT2D eigenvalue weighted by Gasteiger charge is -2.28. The molecule has 0 fully saturated rings. The topological polar surface area (TPSA) is 58.6 Å². The number of rotatable bonds is 7. The van der Waals surface area contributed by atoms with Gasteiger partial charge >= 0.3 is 5.97 Å². The third-order valence-electron chi connectivity index (χ3n) is 3.48. The van der Waals surface area contributed by atoms with Crippen LogP contribution in [0.2, 0.25) is 5.02 Å². The molecular weight excluding hydrogens is 266 g/mol. The van der Waals surface area contributed by atoms with Gasteiger partial charge in [-0.15, -0.1) is 0 Å². The van der Waals surface area contributed by atoms with Gasteiger partial charge in [-0.2, -0.15) is 0 Å². The van der Waals surface area contributed by atoms with Gasteiger partial charge in [-0.05, 0) is 31.0 Å². The average molecular weight is 286 g/mol. The molecule has 4 nitrogen and oxygen atoms in total. The van der Waals surface area contributed by atoms with Crippen LogP contribution in [0, 0.1) is 0 Å². The van der Waals surface area contributed by atoms with Gasteiger partial charge < -0.3 is 9.84 Å². The van der Waals surface area contributed by atoms with Crippen LogP contribution in [0.4, 0.5) is 0 Å². The van der Waals surface area contributed by atoms with Crippen molar-refractivity contribution >= 4 is 17.6 Å². The fraction of sp³-hybridized carbons (Fsp3) is 0.500. The van der Waals surface area contributed by atoms with Gasteiger partial charge in [0.05, 0.1) is 7.11 Å². The lowest BCUT2D eigenvalue weighted by atomic mass is 9.92. The van der Waals surface area contributed by atoms with Gasteiger partial charge in [0.1, 0.15) is 11.3 Å². The Morgan fingerprint density at radius 1 is 1.42 bits per heavy atom. The Kier molecular flexibility index (Phi) is 5.63. The van der Waals surface area contributed by atoms with E-state index in [2.05, 4.69) is 5.32 Å². The lowest BCUT2D eigenvalue weighted by molar-refractivity contribution is -0.145. The van der Waals surface area contributed by atoms with E-state index in [0.29, 0.717) is 30.2 Å². The van der Waals surface area contributed by atoms with Crippen molar-refractivity contribution in [3.63, 3.8) is 0 Å². The minimum Gasteiger partial charge on any atom is -0.496 e. The van der Waals surface area contributed by atoms with Crippen molar-refractivity contribution in [1.82, 2.24) is 5.32 Å². The van der Waals surface area contributed by atoms with E-state index in [4.69, 9.17) is 16.3 Å². The molecule has 0 saturated carbocycles. The van der Waals surface area contributed by atoms with E-state index in [9.17, 15) is 9.90 Å². The summed E-state index contributed by atoms with van der Waals surface area (Å²) in [5.74, 6) is -0.137. The fourth-order valence-corrected chi connectivity index (χ4v) is 2.22. The largest absolute Gasteiger partial charge is 0.496 e. The fourth-order valence-electron chi connectivity index (χ4n) is 2.03. The monoisotopic (exact) mass is 285 g/mol. The van der Waals surface area contributed by atoms with Crippen LogP contribution in [-0.4, -0.2) is 23.7 Å². The smallest absolute Gasteiger partial charge is 0.323 e. The van der Waals surface area contributed by atoms with Gasteiger partial charge in [0.25, 0.3) is 0 Å². The van der Waals surface area contributed by atoms with Crippen LogP contribution in [-0.2, 0) is 11.3 Å². The summed E-state index contributed by atoms with van der Waals surface area (Å²) in [5.41, 5.74) is -0.0598. The minimum atomic E-state index is -0.909. The number of carboxylic acid groups (broad SMARTS) is 1. The first kappa shape index (κ1) is 15.8. The molecule has 1 aromatic carbocycles. The Balaban J connectivity index is 2.91. The quantitative estimate of drug-likeness (QED) is 0.808. The number of halogens is 1. The lowest BCUT2D eigenvalue weighted by Crippen LogP contribution is -2.50. The second-order valence-corrected chi connectivity index (χ2v) is 4.84. The third kappa shape index (κ3) is 3.61. The summed E-state index contributed by atoms with van der Waals surface area (Å²) in [4.78, 5) is 11.4. The van der Waals surface area contributed by atoms with Crippen molar-refractivity contribution in [2.24, 2.45) is 0 Å². The summed E-state index contributed by atoms with van der Waals surface area (Å²) >= 11 is 5.95. The van der Waals surface area contributed by atoms with Crippen LogP contribution >= 0.6 is 11.6 Å². The molecule has 0 saturated heterocycles. The van der Waals surface area contributed by atoms with E-state index in [1.54, 1.807) is 25.3 Å². The first-order valence-corrected chi connectivity index (χ1v) is 6.67. The normalized spacial score (nSPS) is 11.4. The zero-order valence-corrected chi connectivity index (χ0v) is 12.3. The van der Waals surface area contributed by atoms with Crippen LogP contribution < -0.4 is 10.1 Å². The highest BCUT2D eigenvalue weighted by Gasteiger charge is 2.34. The first-order valence-electron chi connectivity index (χ1n) is 6.30. The average Bonchev–Trinajstić information content (AvgIpc) is 2.40. The number of benzene rings is 1. The van der Waals surface area contributed by atoms with E-state index >= 15 is 0 Å². The maximum atomic E-state index is 11.4. The molecule has 0 aliphatic heterocycles. The molecule has 2 N–H and O–H groups in total. The molecule has 106 valence electrons. The predicted molar refractivity (Wildman–Crippen MR) is 75.8 cm³/mol. The first-order chi connectivity index (χ1) is 8.99. The number of aliphatic carboxylic acids is 1. The summed E-state index contributed by atoms with van der Waals surface area (Å²) in [6.45, 7) is 4.12. The van der Waals surface area contributed by atoms with Gasteiger partial charge in [0, 0.05) is 17.1 Å². The molecule has 0 radical (unpaired) electrons. The Bertz CT molecular complexity index is 444. The summed E-state index contributed by atoms with van der Waals surface area (Å²) < 4.78 is 5.25. The van der Waals surface area contributed by atoms with Crippen molar-refractivity contribution < 1.29 is 14.6 Å². The predicted octanol–water partition coefficient (Wildman–Crippen LogP) is 3.08. The standard InChI is InChI=1S/C14H20ClNO3/c1-4-14(5-2,13(17)18)16-9-10-8-11(15)6-7-12(10)19-3/h6-8,16H,4-5,9H2,1-3H3,(H,17,18). The van der Waals surface area contributed by atoms with Crippen LogP contribution in [0.5, 0.6) is 5.75 Å². The molecule has 0 aliphatic carbocycles. The van der Waals surface area contributed by atoms with Gasteiger partial charge in [-0.3, -0.25) is 10.1 Å². The summed E-state index contributed by atoms with van der Waals surface area (Å²) in [7, 11) is 1.58. The van der Waals surface area contributed by atoms with Crippen molar-refractivity contribution in [1.29, 1.82) is 0 Å². The van der Waals surface area contributed by atoms with Crippen LogP contribution in [0.3, 0.4) is 0 Å². The Hall–Kier alpha value is -1.26. The number of carboxylic acids is 1. The maximum absolute atomic E-state index is 11.4. The molecule has 0 bridgehead atoms. The second-order valence-electron chi connectivity index (χ2n) is 4.40. The highest BCUT2D eigenvalue weighted by molar-refractivity contribution is 6.30. The van der Waals surface area contributed by atoms with E-state index in [-0.39, 0.29) is 0 Å². The Labute approximate surface area is 118 Å². The number of nitrogens with one attached hydrogen (secondary N) is 1. The van der Waals surface area contributed by atoms with Crippen molar-refractivity contribution in [3.05, 3.63) is 28.8 Å². The number of methoxy groups -OCH3 is 1. The van der Waals surface area contributed by atoms with E-state index < -0.39 is 11.5 Å². The molecule has 5 heteroatoms. The molecule has 0 atom stereocenters. The number of hydrogen-bond acceptors (Lipinski definition) is 3. The molecule has 0 aromatic heterocycles. The SMILES string of the molecule is CCC(CC)(NCc1cc(Cl)ccc1OC)C(=O)O. The van der Waals surface area contributed by atoms with Crippen molar-refractivity contribution in [2.75, 3.05) is 7.11 Å². The number of carbonyl (C=O) groups is 1. The zero-order valence-electron chi connectivity index (χ0n) is 11.5. The second kappa shape index (κ2) is 6.78.